The lowest BCUT2D eigenvalue weighted by Crippen LogP contribution is -2.26. The van der Waals surface area contributed by atoms with Crippen LogP contribution in [0.4, 0.5) is 0 Å². The fourth-order valence-corrected chi connectivity index (χ4v) is 2.56. The van der Waals surface area contributed by atoms with Crippen LogP contribution >= 0.6 is 22.6 Å². The molecule has 14 heavy (non-hydrogen) atoms. The molecule has 1 rings (SSSR count). The number of rotatable bonds is 2. The number of hydrogen-bond donors (Lipinski definition) is 0. The quantitative estimate of drug-likeness (QED) is 0.446. The first-order valence-corrected chi connectivity index (χ1v) is 5.83. The summed E-state index contributed by atoms with van der Waals surface area (Å²) in [5.41, 5.74) is 0.681. The highest BCUT2D eigenvalue weighted by atomic mass is 127. The third-order valence-corrected chi connectivity index (χ3v) is 3.21. The minimum Gasteiger partial charge on any atom is -0.493 e. The molecule has 1 aliphatic heterocycles. The van der Waals surface area contributed by atoms with Crippen molar-refractivity contribution in [2.45, 2.75) is 30.8 Å². The first kappa shape index (κ1) is 11.8. The molecule has 0 amide bonds. The van der Waals surface area contributed by atoms with Gasteiger partial charge in [0.1, 0.15) is 11.9 Å². The highest BCUT2D eigenvalue weighted by molar-refractivity contribution is 14.1. The number of carbonyl (C=O) groups excluding carboxylic acids is 1. The van der Waals surface area contributed by atoms with Crippen molar-refractivity contribution in [1.82, 2.24) is 0 Å². The fourth-order valence-electron chi connectivity index (χ4n) is 1.79. The van der Waals surface area contributed by atoms with Crippen molar-refractivity contribution in [3.05, 3.63) is 11.3 Å². The molecule has 0 bridgehead atoms. The molecule has 1 aliphatic rings. The molecule has 0 unspecified atom stereocenters. The van der Waals surface area contributed by atoms with Gasteiger partial charge in [-0.25, -0.2) is 4.79 Å². The van der Waals surface area contributed by atoms with E-state index in [1.54, 1.807) is 0 Å². The van der Waals surface area contributed by atoms with Gasteiger partial charge in [-0.1, -0.05) is 29.5 Å². The smallest absolute Gasteiger partial charge is 0.337 e. The normalized spacial score (nSPS) is 28.6. The van der Waals surface area contributed by atoms with Crippen LogP contribution in [0.25, 0.3) is 0 Å². The minimum atomic E-state index is -0.269. The molecule has 0 aromatic heterocycles. The Labute approximate surface area is 98.0 Å². The molecular weight excluding hydrogens is 295 g/mol. The Morgan fingerprint density at radius 3 is 2.57 bits per heavy atom. The standard InChI is InChI=1S/C10H15IO3/c1-5-8(10(12)13-4)7(3)14-9(5)6(2)11/h5-6,9H,1-4H3/t5-,6-,9-/m1/s1. The van der Waals surface area contributed by atoms with Gasteiger partial charge in [0.25, 0.3) is 0 Å². The molecule has 3 nitrogen and oxygen atoms in total. The van der Waals surface area contributed by atoms with E-state index in [0.717, 1.165) is 0 Å². The van der Waals surface area contributed by atoms with Gasteiger partial charge in [0.2, 0.25) is 0 Å². The number of methoxy groups -OCH3 is 1. The summed E-state index contributed by atoms with van der Waals surface area (Å²) in [7, 11) is 1.40. The molecule has 3 atom stereocenters. The zero-order chi connectivity index (χ0) is 10.9. The van der Waals surface area contributed by atoms with Gasteiger partial charge < -0.3 is 9.47 Å². The van der Waals surface area contributed by atoms with Crippen LogP contribution < -0.4 is 0 Å². The SMILES string of the molecule is COC(=O)C1=C(C)O[C@@H]([C@@H](C)I)[C@@H]1C. The van der Waals surface area contributed by atoms with Crippen molar-refractivity contribution >= 4 is 28.6 Å². The van der Waals surface area contributed by atoms with E-state index in [1.165, 1.54) is 7.11 Å². The third kappa shape index (κ3) is 2.04. The van der Waals surface area contributed by atoms with E-state index >= 15 is 0 Å². The zero-order valence-electron chi connectivity index (χ0n) is 8.83. The van der Waals surface area contributed by atoms with Crippen LogP contribution in [-0.4, -0.2) is 23.1 Å². The van der Waals surface area contributed by atoms with Crippen LogP contribution in [0.5, 0.6) is 0 Å². The van der Waals surface area contributed by atoms with E-state index < -0.39 is 0 Å². The maximum Gasteiger partial charge on any atom is 0.337 e. The second kappa shape index (κ2) is 4.51. The number of alkyl halides is 1. The van der Waals surface area contributed by atoms with Crippen molar-refractivity contribution in [2.75, 3.05) is 7.11 Å². The van der Waals surface area contributed by atoms with Gasteiger partial charge in [0, 0.05) is 9.84 Å². The van der Waals surface area contributed by atoms with Crippen molar-refractivity contribution in [1.29, 1.82) is 0 Å². The first-order chi connectivity index (χ1) is 6.49. The Kier molecular flexibility index (Phi) is 3.80. The molecule has 0 radical (unpaired) electrons. The number of allylic oxidation sites excluding steroid dienone is 1. The maximum absolute atomic E-state index is 11.4. The number of halogens is 1. The summed E-state index contributed by atoms with van der Waals surface area (Å²) in [6.07, 6.45) is 0.0877. The monoisotopic (exact) mass is 310 g/mol. The van der Waals surface area contributed by atoms with Crippen molar-refractivity contribution < 1.29 is 14.3 Å². The molecule has 0 saturated heterocycles. The van der Waals surface area contributed by atoms with Crippen molar-refractivity contribution in [2.24, 2.45) is 5.92 Å². The lowest BCUT2D eigenvalue weighted by atomic mass is 9.95. The highest BCUT2D eigenvalue weighted by Gasteiger charge is 2.38. The summed E-state index contributed by atoms with van der Waals surface area (Å²) in [5, 5.41) is 0. The summed E-state index contributed by atoms with van der Waals surface area (Å²) in [5.74, 6) is 0.557. The molecule has 80 valence electrons. The Hall–Kier alpha value is -0.260. The topological polar surface area (TPSA) is 35.5 Å². The molecular formula is C10H15IO3. The average molecular weight is 310 g/mol. The summed E-state index contributed by atoms with van der Waals surface area (Å²) >= 11 is 2.31. The molecule has 0 spiro atoms. The first-order valence-electron chi connectivity index (χ1n) is 4.58. The number of carbonyl (C=O) groups is 1. The van der Waals surface area contributed by atoms with Crippen LogP contribution in [0.2, 0.25) is 0 Å². The van der Waals surface area contributed by atoms with Gasteiger partial charge in [0.05, 0.1) is 12.7 Å². The lowest BCUT2D eigenvalue weighted by Gasteiger charge is -2.19. The molecule has 4 heteroatoms. The number of esters is 1. The van der Waals surface area contributed by atoms with Crippen LogP contribution in [0.1, 0.15) is 20.8 Å². The average Bonchev–Trinajstić information content (AvgIpc) is 2.41. The van der Waals surface area contributed by atoms with Crippen molar-refractivity contribution in [3.63, 3.8) is 0 Å². The lowest BCUT2D eigenvalue weighted by molar-refractivity contribution is -0.136. The Morgan fingerprint density at radius 2 is 2.21 bits per heavy atom. The predicted molar refractivity (Wildman–Crippen MR) is 62.2 cm³/mol. The van der Waals surface area contributed by atoms with E-state index in [1.807, 2.05) is 13.8 Å². The van der Waals surface area contributed by atoms with Crippen LogP contribution in [0.3, 0.4) is 0 Å². The van der Waals surface area contributed by atoms with E-state index in [9.17, 15) is 4.79 Å². The maximum atomic E-state index is 11.4. The molecule has 0 aromatic carbocycles. The number of ether oxygens (including phenoxy) is 2. The van der Waals surface area contributed by atoms with E-state index in [2.05, 4.69) is 29.5 Å². The van der Waals surface area contributed by atoms with Crippen LogP contribution in [0, 0.1) is 5.92 Å². The Bertz CT molecular complexity index is 271. The molecule has 0 aliphatic carbocycles. The van der Waals surface area contributed by atoms with E-state index in [-0.39, 0.29) is 18.0 Å². The van der Waals surface area contributed by atoms with Crippen LogP contribution in [-0.2, 0) is 14.3 Å². The van der Waals surface area contributed by atoms with Gasteiger partial charge in [0.15, 0.2) is 0 Å². The molecule has 1 heterocycles. The Balaban J connectivity index is 2.86. The second-order valence-corrected chi connectivity index (χ2v) is 5.47. The molecule has 0 aromatic rings. The second-order valence-electron chi connectivity index (χ2n) is 3.51. The van der Waals surface area contributed by atoms with Gasteiger partial charge in [-0.3, -0.25) is 0 Å². The van der Waals surface area contributed by atoms with E-state index in [4.69, 9.17) is 9.47 Å². The van der Waals surface area contributed by atoms with Gasteiger partial charge in [-0.05, 0) is 13.8 Å². The van der Waals surface area contributed by atoms with Gasteiger partial charge in [-0.2, -0.15) is 0 Å². The summed E-state index contributed by atoms with van der Waals surface area (Å²) < 4.78 is 10.7. The molecule has 0 saturated carbocycles. The Morgan fingerprint density at radius 1 is 1.64 bits per heavy atom. The number of hydrogen-bond acceptors (Lipinski definition) is 3. The minimum absolute atomic E-state index is 0.0877. The summed E-state index contributed by atoms with van der Waals surface area (Å²) in [6.45, 7) is 5.90. The highest BCUT2D eigenvalue weighted by Crippen LogP contribution is 2.35. The van der Waals surface area contributed by atoms with Gasteiger partial charge in [-0.15, -0.1) is 0 Å². The van der Waals surface area contributed by atoms with Crippen LogP contribution in [0.15, 0.2) is 11.3 Å². The largest absolute Gasteiger partial charge is 0.493 e. The van der Waals surface area contributed by atoms with Crippen molar-refractivity contribution in [3.8, 4) is 0 Å². The summed E-state index contributed by atoms with van der Waals surface area (Å²) in [4.78, 5) is 11.4. The predicted octanol–water partition coefficient (Wildman–Crippen LogP) is 2.29. The molecule has 0 N–H and O–H groups in total. The van der Waals surface area contributed by atoms with E-state index in [0.29, 0.717) is 15.3 Å². The zero-order valence-corrected chi connectivity index (χ0v) is 11.0. The third-order valence-electron chi connectivity index (χ3n) is 2.50. The fraction of sp³-hybridized carbons (Fsp3) is 0.700. The summed E-state index contributed by atoms with van der Waals surface area (Å²) in [6, 6.07) is 0. The van der Waals surface area contributed by atoms with Gasteiger partial charge >= 0.3 is 5.97 Å². The molecule has 0 fully saturated rings.